The van der Waals surface area contributed by atoms with E-state index in [2.05, 4.69) is 16.0 Å². The van der Waals surface area contributed by atoms with Gasteiger partial charge in [-0.2, -0.15) is 0 Å². The number of primary amides is 2. The molecule has 0 spiro atoms. The quantitative estimate of drug-likeness (QED) is 0.159. The van der Waals surface area contributed by atoms with Crippen molar-refractivity contribution in [2.45, 2.75) is 58.0 Å². The number of nitrogens with one attached hydrogen (secondary N) is 3. The Kier molecular flexibility index (Phi) is 10.9. The summed E-state index contributed by atoms with van der Waals surface area (Å²) in [6.45, 7) is 3.94. The average molecular weight is 453 g/mol. The molecular formula is C20H32N6O6. The zero-order valence-corrected chi connectivity index (χ0v) is 18.4. The Labute approximate surface area is 186 Å². The van der Waals surface area contributed by atoms with Gasteiger partial charge in [-0.1, -0.05) is 13.8 Å². The van der Waals surface area contributed by atoms with Crippen molar-refractivity contribution in [1.29, 1.82) is 0 Å². The van der Waals surface area contributed by atoms with Crippen LogP contribution in [0.25, 0.3) is 0 Å². The number of imide groups is 1. The molecule has 0 aromatic heterocycles. The van der Waals surface area contributed by atoms with Gasteiger partial charge in [0.25, 0.3) is 11.8 Å². The van der Waals surface area contributed by atoms with Crippen LogP contribution in [-0.2, 0) is 24.0 Å². The summed E-state index contributed by atoms with van der Waals surface area (Å²) >= 11 is 0. The highest BCUT2D eigenvalue weighted by Crippen LogP contribution is 2.08. The standard InChI is InChI=1S/C20H32N6O6/c1-12(2)17(19(31)24-13(18(21)30)6-5-10-23-20(22)32)25-14(27)7-3-4-11-26-15(28)8-9-16(26)29/h8-9,12-13,17H,3-7,10-11H2,1-2H3,(H2,21,30)(H,24,31)(H,25,27)(H3,22,23,32). The molecule has 0 aromatic rings. The fraction of sp³-hybridized carbons (Fsp3) is 0.600. The molecule has 0 saturated heterocycles. The number of hydrogen-bond donors (Lipinski definition) is 5. The molecule has 1 aliphatic rings. The van der Waals surface area contributed by atoms with Gasteiger partial charge < -0.3 is 27.4 Å². The lowest BCUT2D eigenvalue weighted by Crippen LogP contribution is -2.54. The Bertz CT molecular complexity index is 748. The zero-order valence-electron chi connectivity index (χ0n) is 18.4. The Morgan fingerprint density at radius 1 is 0.969 bits per heavy atom. The molecule has 178 valence electrons. The predicted octanol–water partition coefficient (Wildman–Crippen LogP) is -1.36. The van der Waals surface area contributed by atoms with Crippen molar-refractivity contribution in [3.8, 4) is 0 Å². The second kappa shape index (κ2) is 13.1. The van der Waals surface area contributed by atoms with E-state index in [-0.39, 0.29) is 49.6 Å². The first-order valence-corrected chi connectivity index (χ1v) is 10.5. The molecule has 2 atom stereocenters. The summed E-state index contributed by atoms with van der Waals surface area (Å²) in [5.41, 5.74) is 10.3. The van der Waals surface area contributed by atoms with E-state index in [1.165, 1.54) is 12.2 Å². The normalized spacial score (nSPS) is 14.9. The van der Waals surface area contributed by atoms with Crippen molar-refractivity contribution in [1.82, 2.24) is 20.9 Å². The second-order valence-corrected chi connectivity index (χ2v) is 7.80. The minimum absolute atomic E-state index is 0.109. The predicted molar refractivity (Wildman–Crippen MR) is 114 cm³/mol. The van der Waals surface area contributed by atoms with Crippen molar-refractivity contribution >= 4 is 35.6 Å². The first-order valence-electron chi connectivity index (χ1n) is 10.5. The highest BCUT2D eigenvalue weighted by atomic mass is 16.2. The molecule has 1 heterocycles. The van der Waals surface area contributed by atoms with Crippen LogP contribution in [0, 0.1) is 5.92 Å². The minimum atomic E-state index is -0.959. The van der Waals surface area contributed by atoms with Gasteiger partial charge in [0.1, 0.15) is 12.1 Å². The third kappa shape index (κ3) is 9.14. The lowest BCUT2D eigenvalue weighted by atomic mass is 10.0. The maximum Gasteiger partial charge on any atom is 0.312 e. The number of rotatable bonds is 14. The highest BCUT2D eigenvalue weighted by Gasteiger charge is 2.28. The van der Waals surface area contributed by atoms with Crippen LogP contribution in [0.2, 0.25) is 0 Å². The first-order chi connectivity index (χ1) is 15.0. The van der Waals surface area contributed by atoms with Crippen LogP contribution < -0.4 is 27.4 Å². The van der Waals surface area contributed by atoms with Crippen LogP contribution in [0.15, 0.2) is 12.2 Å². The fourth-order valence-electron chi connectivity index (χ4n) is 3.05. The van der Waals surface area contributed by atoms with Crippen molar-refractivity contribution in [3.63, 3.8) is 0 Å². The number of hydrogen-bond acceptors (Lipinski definition) is 6. The van der Waals surface area contributed by atoms with Gasteiger partial charge in [0.2, 0.25) is 17.7 Å². The molecule has 0 radical (unpaired) electrons. The summed E-state index contributed by atoms with van der Waals surface area (Å²) in [6.07, 6.45) is 3.96. The monoisotopic (exact) mass is 452 g/mol. The van der Waals surface area contributed by atoms with Crippen LogP contribution >= 0.6 is 0 Å². The Balaban J connectivity index is 2.48. The van der Waals surface area contributed by atoms with E-state index in [1.54, 1.807) is 13.8 Å². The summed E-state index contributed by atoms with van der Waals surface area (Å²) in [5.74, 6) is -2.63. The molecule has 32 heavy (non-hydrogen) atoms. The lowest BCUT2D eigenvalue weighted by molar-refractivity contribution is -0.136. The molecule has 12 nitrogen and oxygen atoms in total. The number of nitrogens with zero attached hydrogens (tertiary/aromatic N) is 1. The highest BCUT2D eigenvalue weighted by molar-refractivity contribution is 6.12. The maximum absolute atomic E-state index is 12.6. The molecule has 0 bridgehead atoms. The number of urea groups is 1. The van der Waals surface area contributed by atoms with E-state index in [0.717, 1.165) is 4.90 Å². The van der Waals surface area contributed by atoms with Gasteiger partial charge in [-0.05, 0) is 31.6 Å². The van der Waals surface area contributed by atoms with E-state index in [4.69, 9.17) is 11.5 Å². The SMILES string of the molecule is CC(C)C(NC(=O)CCCCN1C(=O)C=CC1=O)C(=O)NC(CCCNC(N)=O)C(N)=O. The summed E-state index contributed by atoms with van der Waals surface area (Å²) < 4.78 is 0. The number of amides is 7. The van der Waals surface area contributed by atoms with E-state index < -0.39 is 29.9 Å². The molecule has 0 aromatic carbocycles. The van der Waals surface area contributed by atoms with E-state index >= 15 is 0 Å². The molecule has 0 fully saturated rings. The number of carbonyl (C=O) groups is 6. The van der Waals surface area contributed by atoms with Gasteiger partial charge in [-0.3, -0.25) is 28.9 Å². The van der Waals surface area contributed by atoms with Gasteiger partial charge >= 0.3 is 6.03 Å². The van der Waals surface area contributed by atoms with Crippen LogP contribution in [0.5, 0.6) is 0 Å². The zero-order chi connectivity index (χ0) is 24.3. The van der Waals surface area contributed by atoms with Gasteiger partial charge in [0.15, 0.2) is 0 Å². The van der Waals surface area contributed by atoms with Crippen LogP contribution in [0.4, 0.5) is 4.79 Å². The van der Waals surface area contributed by atoms with Crippen LogP contribution in [0.1, 0.15) is 46.0 Å². The van der Waals surface area contributed by atoms with E-state index in [1.807, 2.05) is 0 Å². The maximum atomic E-state index is 12.6. The average Bonchev–Trinajstić information content (AvgIpc) is 3.02. The molecule has 2 unspecified atom stereocenters. The second-order valence-electron chi connectivity index (χ2n) is 7.80. The van der Waals surface area contributed by atoms with Gasteiger partial charge in [0.05, 0.1) is 0 Å². The van der Waals surface area contributed by atoms with Crippen molar-refractivity contribution < 1.29 is 28.8 Å². The van der Waals surface area contributed by atoms with Gasteiger partial charge in [-0.25, -0.2) is 4.79 Å². The number of nitrogens with two attached hydrogens (primary N) is 2. The minimum Gasteiger partial charge on any atom is -0.368 e. The molecule has 7 amide bonds. The number of carbonyl (C=O) groups excluding carboxylic acids is 6. The van der Waals surface area contributed by atoms with E-state index in [0.29, 0.717) is 19.3 Å². The van der Waals surface area contributed by atoms with Gasteiger partial charge in [-0.15, -0.1) is 0 Å². The van der Waals surface area contributed by atoms with Gasteiger partial charge in [0, 0.05) is 31.7 Å². The third-order valence-corrected chi connectivity index (χ3v) is 4.83. The van der Waals surface area contributed by atoms with Crippen molar-refractivity contribution in [2.24, 2.45) is 17.4 Å². The van der Waals surface area contributed by atoms with Crippen LogP contribution in [0.3, 0.4) is 0 Å². The number of unbranched alkanes of at least 4 members (excludes halogenated alkanes) is 1. The molecule has 1 aliphatic heterocycles. The summed E-state index contributed by atoms with van der Waals surface area (Å²) in [5, 5.41) is 7.58. The first kappa shape index (κ1) is 26.6. The van der Waals surface area contributed by atoms with Crippen LogP contribution in [-0.4, -0.2) is 65.6 Å². The van der Waals surface area contributed by atoms with Crippen molar-refractivity contribution in [2.75, 3.05) is 13.1 Å². The lowest BCUT2D eigenvalue weighted by Gasteiger charge is -2.24. The molecule has 1 rings (SSSR count). The summed E-state index contributed by atoms with van der Waals surface area (Å²) in [7, 11) is 0. The summed E-state index contributed by atoms with van der Waals surface area (Å²) in [4.78, 5) is 71.4. The van der Waals surface area contributed by atoms with E-state index in [9.17, 15) is 28.8 Å². The topological polar surface area (TPSA) is 194 Å². The Morgan fingerprint density at radius 3 is 2.12 bits per heavy atom. The smallest absolute Gasteiger partial charge is 0.312 e. The Morgan fingerprint density at radius 2 is 1.59 bits per heavy atom. The third-order valence-electron chi connectivity index (χ3n) is 4.83. The molecule has 7 N–H and O–H groups in total. The Hall–Kier alpha value is -3.44. The fourth-order valence-corrected chi connectivity index (χ4v) is 3.05. The molecular weight excluding hydrogens is 420 g/mol. The summed E-state index contributed by atoms with van der Waals surface area (Å²) in [6, 6.07) is -2.53. The molecule has 12 heteroatoms. The largest absolute Gasteiger partial charge is 0.368 e. The van der Waals surface area contributed by atoms with Crippen molar-refractivity contribution in [3.05, 3.63) is 12.2 Å². The molecule has 0 saturated carbocycles. The molecule has 0 aliphatic carbocycles.